The molecule has 0 fully saturated rings. The molecule has 0 radical (unpaired) electrons. The molecule has 66 valence electrons. The van der Waals surface area contributed by atoms with Crippen molar-refractivity contribution < 1.29 is 22.7 Å². The molecule has 0 aliphatic heterocycles. The van der Waals surface area contributed by atoms with Crippen molar-refractivity contribution in [3.8, 4) is 0 Å². The van der Waals surface area contributed by atoms with Crippen LogP contribution >= 0.6 is 0 Å². The van der Waals surface area contributed by atoms with E-state index in [1.165, 1.54) is 6.92 Å². The molecule has 0 atom stereocenters. The lowest BCUT2D eigenvalue weighted by Gasteiger charge is -2.12. The predicted octanol–water partition coefficient (Wildman–Crippen LogP) is 1.29. The molecule has 11 heavy (non-hydrogen) atoms. The Balaban J connectivity index is 3.74. The number of hydrogen-bond acceptors (Lipinski definition) is 2. The van der Waals surface area contributed by atoms with Gasteiger partial charge in [0.05, 0.1) is 0 Å². The van der Waals surface area contributed by atoms with E-state index in [4.69, 9.17) is 0 Å². The monoisotopic (exact) mass is 171 g/mol. The number of carbonyl (C=O) groups is 1. The van der Waals surface area contributed by atoms with Gasteiger partial charge in [-0.15, -0.1) is 0 Å². The van der Waals surface area contributed by atoms with E-state index in [0.717, 1.165) is 0 Å². The number of carbonyl (C=O) groups excluding carboxylic acids is 1. The lowest BCUT2D eigenvalue weighted by molar-refractivity contribution is -0.207. The first-order valence-electron chi connectivity index (χ1n) is 2.92. The molecule has 1 N–H and O–H groups in total. The highest BCUT2D eigenvalue weighted by Gasteiger charge is 2.33. The molecule has 0 spiro atoms. The van der Waals surface area contributed by atoms with E-state index in [1.54, 1.807) is 0 Å². The van der Waals surface area contributed by atoms with Gasteiger partial charge in [-0.3, -0.25) is 0 Å². The van der Waals surface area contributed by atoms with Gasteiger partial charge in [-0.2, -0.15) is 8.78 Å². The van der Waals surface area contributed by atoms with Crippen LogP contribution in [0.2, 0.25) is 0 Å². The summed E-state index contributed by atoms with van der Waals surface area (Å²) in [4.78, 5) is 10.2. The second kappa shape index (κ2) is 4.05. The summed E-state index contributed by atoms with van der Waals surface area (Å²) in [7, 11) is 0. The van der Waals surface area contributed by atoms with Crippen LogP contribution in [0.3, 0.4) is 0 Å². The number of ether oxygens (including phenoxy) is 1. The molecule has 0 aromatic carbocycles. The maximum absolute atomic E-state index is 11.9. The Labute approximate surface area is 61.5 Å². The SMILES string of the molecule is CCNC(=O)OC(F)(F)CF. The van der Waals surface area contributed by atoms with Crippen molar-refractivity contribution in [1.29, 1.82) is 0 Å². The first-order valence-corrected chi connectivity index (χ1v) is 2.92. The Kier molecular flexibility index (Phi) is 3.70. The zero-order valence-corrected chi connectivity index (χ0v) is 5.86. The predicted molar refractivity (Wildman–Crippen MR) is 31.1 cm³/mol. The Hall–Kier alpha value is -0.940. The molecule has 0 aromatic heterocycles. The average molecular weight is 171 g/mol. The molecule has 3 nitrogen and oxygen atoms in total. The molecule has 0 saturated carbocycles. The first kappa shape index (κ1) is 10.1. The van der Waals surface area contributed by atoms with Gasteiger partial charge in [0.2, 0.25) is 0 Å². The van der Waals surface area contributed by atoms with Crippen LogP contribution in [0, 0.1) is 0 Å². The number of nitrogens with one attached hydrogen (secondary N) is 1. The highest BCUT2D eigenvalue weighted by molar-refractivity contribution is 5.67. The molecule has 6 heteroatoms. The van der Waals surface area contributed by atoms with Gasteiger partial charge in [0.1, 0.15) is 0 Å². The van der Waals surface area contributed by atoms with Crippen molar-refractivity contribution in [2.75, 3.05) is 13.2 Å². The van der Waals surface area contributed by atoms with Crippen LogP contribution in [0.1, 0.15) is 6.92 Å². The molecular formula is C5H8F3NO2. The van der Waals surface area contributed by atoms with Crippen molar-refractivity contribution >= 4 is 6.09 Å². The third-order valence-electron chi connectivity index (χ3n) is 0.719. The minimum absolute atomic E-state index is 0.154. The summed E-state index contributed by atoms with van der Waals surface area (Å²) in [6.07, 6.45) is -5.34. The number of rotatable bonds is 3. The fraction of sp³-hybridized carbons (Fsp3) is 0.800. The van der Waals surface area contributed by atoms with Crippen molar-refractivity contribution in [3.63, 3.8) is 0 Å². The summed E-state index contributed by atoms with van der Waals surface area (Å²) in [5.74, 6) is 0. The fourth-order valence-electron chi connectivity index (χ4n) is 0.343. The molecular weight excluding hydrogens is 163 g/mol. The van der Waals surface area contributed by atoms with Crippen LogP contribution in [-0.4, -0.2) is 25.4 Å². The van der Waals surface area contributed by atoms with E-state index >= 15 is 0 Å². The number of hydrogen-bond donors (Lipinski definition) is 1. The lowest BCUT2D eigenvalue weighted by Crippen LogP contribution is -2.34. The molecule has 0 rings (SSSR count). The minimum Gasteiger partial charge on any atom is -0.382 e. The Morgan fingerprint density at radius 3 is 2.55 bits per heavy atom. The van der Waals surface area contributed by atoms with E-state index < -0.39 is 18.9 Å². The Morgan fingerprint density at radius 1 is 1.64 bits per heavy atom. The van der Waals surface area contributed by atoms with Gasteiger partial charge in [-0.05, 0) is 6.92 Å². The molecule has 0 saturated heterocycles. The van der Waals surface area contributed by atoms with Gasteiger partial charge in [0, 0.05) is 6.54 Å². The summed E-state index contributed by atoms with van der Waals surface area (Å²) in [6.45, 7) is -0.333. The van der Waals surface area contributed by atoms with Crippen LogP contribution in [0.5, 0.6) is 0 Å². The van der Waals surface area contributed by atoms with Crippen LogP contribution < -0.4 is 5.32 Å². The zero-order valence-electron chi connectivity index (χ0n) is 5.86. The second-order valence-corrected chi connectivity index (χ2v) is 1.69. The van der Waals surface area contributed by atoms with Crippen molar-refractivity contribution in [3.05, 3.63) is 0 Å². The maximum atomic E-state index is 11.9. The van der Waals surface area contributed by atoms with Crippen molar-refractivity contribution in [2.45, 2.75) is 13.0 Å². The lowest BCUT2D eigenvalue weighted by atomic mass is 10.7. The standard InChI is InChI=1S/C5H8F3NO2/c1-2-9-4(10)11-5(7,8)3-6/h2-3H2,1H3,(H,9,10). The summed E-state index contributed by atoms with van der Waals surface area (Å²) in [6, 6.07) is 0. The Bertz CT molecular complexity index is 140. The van der Waals surface area contributed by atoms with Gasteiger partial charge in [0.25, 0.3) is 0 Å². The summed E-state index contributed by atoms with van der Waals surface area (Å²) in [5, 5.41) is 1.93. The van der Waals surface area contributed by atoms with Gasteiger partial charge >= 0.3 is 12.2 Å². The zero-order chi connectivity index (χ0) is 8.91. The van der Waals surface area contributed by atoms with E-state index in [0.29, 0.717) is 0 Å². The number of alkyl halides is 3. The van der Waals surface area contributed by atoms with Gasteiger partial charge in [-0.25, -0.2) is 9.18 Å². The average Bonchev–Trinajstić information content (AvgIpc) is 1.87. The fourth-order valence-corrected chi connectivity index (χ4v) is 0.343. The molecule has 0 aliphatic rings. The van der Waals surface area contributed by atoms with Crippen molar-refractivity contribution in [2.24, 2.45) is 0 Å². The summed E-state index contributed by atoms with van der Waals surface area (Å²) < 4.78 is 38.4. The van der Waals surface area contributed by atoms with Gasteiger partial charge in [0.15, 0.2) is 6.67 Å². The van der Waals surface area contributed by atoms with Crippen molar-refractivity contribution in [1.82, 2.24) is 5.32 Å². The van der Waals surface area contributed by atoms with Crippen LogP contribution in [0.15, 0.2) is 0 Å². The van der Waals surface area contributed by atoms with E-state index in [1.807, 2.05) is 5.32 Å². The van der Waals surface area contributed by atoms with Crippen LogP contribution in [-0.2, 0) is 4.74 Å². The molecule has 0 aliphatic carbocycles. The third-order valence-corrected chi connectivity index (χ3v) is 0.719. The Morgan fingerprint density at radius 2 is 2.18 bits per heavy atom. The summed E-state index contributed by atoms with van der Waals surface area (Å²) in [5.41, 5.74) is 0. The van der Waals surface area contributed by atoms with Crippen LogP contribution in [0.25, 0.3) is 0 Å². The van der Waals surface area contributed by atoms with E-state index in [2.05, 4.69) is 4.74 Å². The maximum Gasteiger partial charge on any atom is 0.430 e. The minimum atomic E-state index is -4.01. The molecule has 0 heterocycles. The topological polar surface area (TPSA) is 38.3 Å². The smallest absolute Gasteiger partial charge is 0.382 e. The van der Waals surface area contributed by atoms with E-state index in [-0.39, 0.29) is 6.54 Å². The van der Waals surface area contributed by atoms with Gasteiger partial charge in [-0.1, -0.05) is 0 Å². The highest BCUT2D eigenvalue weighted by atomic mass is 19.3. The number of alkyl carbamates (subject to hydrolysis) is 1. The first-order chi connectivity index (χ1) is 5.02. The largest absolute Gasteiger partial charge is 0.430 e. The molecule has 0 aromatic rings. The number of halogens is 3. The normalized spacial score (nSPS) is 10.9. The highest BCUT2D eigenvalue weighted by Crippen LogP contribution is 2.15. The van der Waals surface area contributed by atoms with Gasteiger partial charge < -0.3 is 10.1 Å². The van der Waals surface area contributed by atoms with E-state index in [9.17, 15) is 18.0 Å². The van der Waals surface area contributed by atoms with Crippen LogP contribution in [0.4, 0.5) is 18.0 Å². The molecule has 0 bridgehead atoms. The molecule has 0 unspecified atom stereocenters. The summed E-state index contributed by atoms with van der Waals surface area (Å²) >= 11 is 0. The number of amides is 1. The second-order valence-electron chi connectivity index (χ2n) is 1.69. The molecule has 1 amide bonds. The third kappa shape index (κ3) is 4.46. The quantitative estimate of drug-likeness (QED) is 0.694.